The summed E-state index contributed by atoms with van der Waals surface area (Å²) in [5.74, 6) is -0.946. The van der Waals surface area contributed by atoms with Gasteiger partial charge in [-0.1, -0.05) is 0 Å². The summed E-state index contributed by atoms with van der Waals surface area (Å²) in [5.41, 5.74) is -0.0933. The second-order valence-electron chi connectivity index (χ2n) is 8.08. The smallest absolute Gasteiger partial charge is 0.291 e. The van der Waals surface area contributed by atoms with Crippen molar-refractivity contribution in [2.24, 2.45) is 0 Å². The molecule has 0 spiro atoms. The van der Waals surface area contributed by atoms with Gasteiger partial charge < -0.3 is 9.73 Å². The minimum Gasteiger partial charge on any atom is -0.454 e. The number of rotatable bonds is 9. The lowest BCUT2D eigenvalue weighted by atomic mass is 10.3. The number of halogens is 4. The van der Waals surface area contributed by atoms with Gasteiger partial charge in [-0.2, -0.15) is 5.10 Å². The standard InChI is InChI=1S/C23H20F4N6O4S/c1-12-9-13(2)29-23(28-12)32-38(35,36)16-6-3-14(4-7-16)30-22(34)19-8-5-15(37-19)11-33-18(21(26)27)10-17(31-33)20(24)25/h3-10,20-21H,11H2,1-2H3,(H,30,34)(H,28,29,32). The van der Waals surface area contributed by atoms with Gasteiger partial charge in [0.05, 0.1) is 11.4 Å². The molecule has 4 aromatic rings. The van der Waals surface area contributed by atoms with Gasteiger partial charge in [0.25, 0.3) is 28.8 Å². The highest BCUT2D eigenvalue weighted by atomic mass is 32.2. The second kappa shape index (κ2) is 10.6. The Hall–Kier alpha value is -4.27. The van der Waals surface area contributed by atoms with E-state index in [1.807, 2.05) is 0 Å². The van der Waals surface area contributed by atoms with Crippen LogP contribution in [0.15, 0.2) is 57.8 Å². The molecule has 3 heterocycles. The van der Waals surface area contributed by atoms with E-state index in [1.165, 1.54) is 36.4 Å². The first-order chi connectivity index (χ1) is 17.9. The van der Waals surface area contributed by atoms with Crippen LogP contribution in [0.2, 0.25) is 0 Å². The van der Waals surface area contributed by atoms with E-state index in [0.717, 1.165) is 0 Å². The van der Waals surface area contributed by atoms with Crippen LogP contribution in [0.1, 0.15) is 51.9 Å². The number of nitrogens with zero attached hydrogens (tertiary/aromatic N) is 4. The van der Waals surface area contributed by atoms with Crippen LogP contribution >= 0.6 is 0 Å². The van der Waals surface area contributed by atoms with Crippen molar-refractivity contribution in [2.45, 2.75) is 38.1 Å². The Bertz CT molecular complexity index is 1550. The van der Waals surface area contributed by atoms with Crippen molar-refractivity contribution < 1.29 is 35.2 Å². The molecule has 0 aliphatic heterocycles. The van der Waals surface area contributed by atoms with Gasteiger partial charge in [-0.25, -0.2) is 40.7 Å². The van der Waals surface area contributed by atoms with Gasteiger partial charge in [0.2, 0.25) is 5.95 Å². The molecule has 1 aromatic carbocycles. The quantitative estimate of drug-likeness (QED) is 0.284. The molecule has 0 bridgehead atoms. The Kier molecular flexibility index (Phi) is 7.48. The Morgan fingerprint density at radius 3 is 2.24 bits per heavy atom. The number of anilines is 2. The number of carbonyl (C=O) groups excluding carboxylic acids is 1. The average Bonchev–Trinajstić information content (AvgIpc) is 3.46. The lowest BCUT2D eigenvalue weighted by molar-refractivity contribution is 0.0994. The third kappa shape index (κ3) is 6.16. The summed E-state index contributed by atoms with van der Waals surface area (Å²) in [7, 11) is -4.00. The fourth-order valence-electron chi connectivity index (χ4n) is 3.45. The molecule has 0 atom stereocenters. The number of sulfonamides is 1. The molecule has 2 N–H and O–H groups in total. The molecule has 38 heavy (non-hydrogen) atoms. The van der Waals surface area contributed by atoms with E-state index in [9.17, 15) is 30.8 Å². The maximum atomic E-state index is 13.2. The number of furan rings is 1. The summed E-state index contributed by atoms with van der Waals surface area (Å²) in [6.07, 6.45) is -6.06. The van der Waals surface area contributed by atoms with Gasteiger partial charge in [-0.15, -0.1) is 0 Å². The van der Waals surface area contributed by atoms with E-state index < -0.39 is 46.7 Å². The van der Waals surface area contributed by atoms with Crippen LogP contribution in [0.3, 0.4) is 0 Å². The second-order valence-corrected chi connectivity index (χ2v) is 9.76. The van der Waals surface area contributed by atoms with Crippen LogP contribution in [-0.2, 0) is 16.6 Å². The molecule has 15 heteroatoms. The number of hydrogen-bond donors (Lipinski definition) is 2. The van der Waals surface area contributed by atoms with Crippen molar-refractivity contribution in [3.8, 4) is 0 Å². The lowest BCUT2D eigenvalue weighted by Crippen LogP contribution is -2.16. The Morgan fingerprint density at radius 2 is 1.63 bits per heavy atom. The highest BCUT2D eigenvalue weighted by Gasteiger charge is 2.22. The number of nitrogens with one attached hydrogen (secondary N) is 2. The molecular weight excluding hydrogens is 532 g/mol. The molecule has 4 rings (SSSR count). The molecule has 0 aliphatic carbocycles. The van der Waals surface area contributed by atoms with Crippen LogP contribution < -0.4 is 10.0 Å². The number of benzene rings is 1. The SMILES string of the molecule is Cc1cc(C)nc(NS(=O)(=O)c2ccc(NC(=O)c3ccc(Cn4nc(C(F)F)cc4C(F)F)o3)cc2)n1. The monoisotopic (exact) mass is 552 g/mol. The normalized spacial score (nSPS) is 11.8. The summed E-state index contributed by atoms with van der Waals surface area (Å²) >= 11 is 0. The Morgan fingerprint density at radius 1 is 0.974 bits per heavy atom. The van der Waals surface area contributed by atoms with Gasteiger partial charge in [0.1, 0.15) is 17.1 Å². The molecule has 0 unspecified atom stereocenters. The molecule has 200 valence electrons. The van der Waals surface area contributed by atoms with Crippen molar-refractivity contribution in [3.05, 3.63) is 82.8 Å². The number of aromatic nitrogens is 4. The van der Waals surface area contributed by atoms with Gasteiger partial charge in [-0.3, -0.25) is 9.48 Å². The molecule has 0 saturated carbocycles. The summed E-state index contributed by atoms with van der Waals surface area (Å²) in [5, 5.41) is 5.99. The summed E-state index contributed by atoms with van der Waals surface area (Å²) in [6.45, 7) is 3.00. The highest BCUT2D eigenvalue weighted by Crippen LogP contribution is 2.26. The summed E-state index contributed by atoms with van der Waals surface area (Å²) in [6, 6.07) is 10.1. The fraction of sp³-hybridized carbons (Fsp3) is 0.217. The molecule has 3 aromatic heterocycles. The van der Waals surface area contributed by atoms with E-state index in [4.69, 9.17) is 4.42 Å². The minimum atomic E-state index is -4.00. The molecular formula is C23H20F4N6O4S. The summed E-state index contributed by atoms with van der Waals surface area (Å²) in [4.78, 5) is 20.5. The van der Waals surface area contributed by atoms with Crippen LogP contribution in [0.5, 0.6) is 0 Å². The third-order valence-electron chi connectivity index (χ3n) is 5.10. The van der Waals surface area contributed by atoms with E-state index >= 15 is 0 Å². The van der Waals surface area contributed by atoms with Gasteiger partial charge in [0.15, 0.2) is 5.76 Å². The van der Waals surface area contributed by atoms with Crippen molar-refractivity contribution in [2.75, 3.05) is 10.0 Å². The fourth-order valence-corrected chi connectivity index (χ4v) is 4.40. The van der Waals surface area contributed by atoms with Gasteiger partial charge in [-0.05, 0) is 62.4 Å². The number of hydrogen-bond acceptors (Lipinski definition) is 7. The first kappa shape index (κ1) is 26.8. The topological polar surface area (TPSA) is 132 Å². The zero-order valence-electron chi connectivity index (χ0n) is 19.8. The minimum absolute atomic E-state index is 0.0297. The third-order valence-corrected chi connectivity index (χ3v) is 6.44. The molecule has 10 nitrogen and oxygen atoms in total. The lowest BCUT2D eigenvalue weighted by Gasteiger charge is -2.09. The maximum absolute atomic E-state index is 13.2. The van der Waals surface area contributed by atoms with Crippen LogP contribution in [0.4, 0.5) is 29.2 Å². The van der Waals surface area contributed by atoms with Crippen molar-refractivity contribution in [1.82, 2.24) is 19.7 Å². The Labute approximate surface area is 213 Å². The van der Waals surface area contributed by atoms with Crippen LogP contribution in [0.25, 0.3) is 0 Å². The van der Waals surface area contributed by atoms with E-state index in [-0.39, 0.29) is 28.1 Å². The first-order valence-corrected chi connectivity index (χ1v) is 12.4. The van der Waals surface area contributed by atoms with E-state index in [2.05, 4.69) is 25.1 Å². The number of alkyl halides is 4. The zero-order chi connectivity index (χ0) is 27.6. The van der Waals surface area contributed by atoms with E-state index in [0.29, 0.717) is 22.1 Å². The number of amides is 1. The molecule has 0 aliphatic rings. The molecule has 0 saturated heterocycles. The van der Waals surface area contributed by atoms with Crippen LogP contribution in [0, 0.1) is 13.8 Å². The van der Waals surface area contributed by atoms with Crippen molar-refractivity contribution in [3.63, 3.8) is 0 Å². The number of carbonyl (C=O) groups is 1. The predicted molar refractivity (Wildman–Crippen MR) is 127 cm³/mol. The molecule has 0 radical (unpaired) electrons. The average molecular weight is 553 g/mol. The van der Waals surface area contributed by atoms with Crippen molar-refractivity contribution >= 4 is 27.6 Å². The summed E-state index contributed by atoms with van der Waals surface area (Å²) < 4.78 is 85.7. The number of aryl methyl sites for hydroxylation is 2. The molecule has 0 fully saturated rings. The zero-order valence-corrected chi connectivity index (χ0v) is 20.6. The first-order valence-electron chi connectivity index (χ1n) is 10.9. The Balaban J connectivity index is 1.42. The molecule has 1 amide bonds. The van der Waals surface area contributed by atoms with E-state index in [1.54, 1.807) is 19.9 Å². The highest BCUT2D eigenvalue weighted by molar-refractivity contribution is 7.92. The van der Waals surface area contributed by atoms with Gasteiger partial charge >= 0.3 is 0 Å². The largest absolute Gasteiger partial charge is 0.454 e. The van der Waals surface area contributed by atoms with Gasteiger partial charge in [0, 0.05) is 17.1 Å². The van der Waals surface area contributed by atoms with Crippen LogP contribution in [-0.4, -0.2) is 34.1 Å². The maximum Gasteiger partial charge on any atom is 0.291 e. The van der Waals surface area contributed by atoms with Crippen molar-refractivity contribution in [1.29, 1.82) is 0 Å². The predicted octanol–water partition coefficient (Wildman–Crippen LogP) is 4.86.